The third-order valence-corrected chi connectivity index (χ3v) is 3.52. The van der Waals surface area contributed by atoms with Crippen LogP contribution in [0, 0.1) is 0 Å². The van der Waals surface area contributed by atoms with Crippen molar-refractivity contribution in [2.45, 2.75) is 38.6 Å². The standard InChI is InChI=1S/C12H19N3O3S/c1-2-3-4-8(13)11(16)14-6-5-10-15-9(7-19-10)12(17)18/h7-8H,2-6,13H2,1H3,(H,14,16)(H,17,18)/t8-/m0/s1. The van der Waals surface area contributed by atoms with E-state index in [1.165, 1.54) is 16.7 Å². The summed E-state index contributed by atoms with van der Waals surface area (Å²) in [7, 11) is 0. The fourth-order valence-corrected chi connectivity index (χ4v) is 2.27. The molecule has 0 spiro atoms. The number of carboxylic acids is 1. The first kappa shape index (κ1) is 15.6. The SMILES string of the molecule is CCCC[C@H](N)C(=O)NCCc1nc(C(=O)O)cs1. The molecule has 0 aliphatic heterocycles. The van der Waals surface area contributed by atoms with Crippen molar-refractivity contribution in [1.29, 1.82) is 0 Å². The van der Waals surface area contributed by atoms with E-state index in [0.29, 0.717) is 24.4 Å². The van der Waals surface area contributed by atoms with E-state index in [1.54, 1.807) is 0 Å². The van der Waals surface area contributed by atoms with Crippen LogP contribution in [0.3, 0.4) is 0 Å². The van der Waals surface area contributed by atoms with E-state index in [0.717, 1.165) is 12.8 Å². The highest BCUT2D eigenvalue weighted by Gasteiger charge is 2.13. The highest BCUT2D eigenvalue weighted by molar-refractivity contribution is 7.09. The van der Waals surface area contributed by atoms with Crippen LogP contribution in [0.15, 0.2) is 5.38 Å². The second kappa shape index (κ2) is 7.85. The summed E-state index contributed by atoms with van der Waals surface area (Å²) < 4.78 is 0. The lowest BCUT2D eigenvalue weighted by Crippen LogP contribution is -2.41. The zero-order valence-electron chi connectivity index (χ0n) is 10.9. The Balaban J connectivity index is 2.29. The van der Waals surface area contributed by atoms with E-state index in [2.05, 4.69) is 10.3 Å². The van der Waals surface area contributed by atoms with Gasteiger partial charge in [0.05, 0.1) is 11.0 Å². The predicted octanol–water partition coefficient (Wildman–Crippen LogP) is 1.02. The summed E-state index contributed by atoms with van der Waals surface area (Å²) in [5.41, 5.74) is 5.77. The van der Waals surface area contributed by atoms with Crippen molar-refractivity contribution in [2.24, 2.45) is 5.73 Å². The maximum absolute atomic E-state index is 11.6. The van der Waals surface area contributed by atoms with E-state index in [4.69, 9.17) is 10.8 Å². The van der Waals surface area contributed by atoms with Crippen LogP contribution >= 0.6 is 11.3 Å². The number of carbonyl (C=O) groups excluding carboxylic acids is 1. The first-order valence-electron chi connectivity index (χ1n) is 6.25. The number of nitrogens with one attached hydrogen (secondary N) is 1. The van der Waals surface area contributed by atoms with Crippen molar-refractivity contribution < 1.29 is 14.7 Å². The van der Waals surface area contributed by atoms with Gasteiger partial charge in [0.1, 0.15) is 0 Å². The molecule has 0 fully saturated rings. The molecule has 0 saturated heterocycles. The maximum Gasteiger partial charge on any atom is 0.355 e. The van der Waals surface area contributed by atoms with Gasteiger partial charge in [-0.05, 0) is 6.42 Å². The van der Waals surface area contributed by atoms with Gasteiger partial charge in [-0.15, -0.1) is 11.3 Å². The third kappa shape index (κ3) is 5.35. The third-order valence-electron chi connectivity index (χ3n) is 2.61. The van der Waals surface area contributed by atoms with Crippen LogP contribution in [-0.4, -0.2) is 34.6 Å². The van der Waals surface area contributed by atoms with Crippen LogP contribution < -0.4 is 11.1 Å². The van der Waals surface area contributed by atoms with Gasteiger partial charge < -0.3 is 16.2 Å². The van der Waals surface area contributed by atoms with E-state index in [1.807, 2.05) is 6.92 Å². The molecule has 0 bridgehead atoms. The van der Waals surface area contributed by atoms with Crippen LogP contribution in [0.1, 0.15) is 41.7 Å². The highest BCUT2D eigenvalue weighted by Crippen LogP contribution is 2.09. The number of nitrogens with zero attached hydrogens (tertiary/aromatic N) is 1. The average Bonchev–Trinajstić information content (AvgIpc) is 2.84. The fraction of sp³-hybridized carbons (Fsp3) is 0.583. The van der Waals surface area contributed by atoms with Crippen molar-refractivity contribution in [1.82, 2.24) is 10.3 Å². The van der Waals surface area contributed by atoms with E-state index < -0.39 is 12.0 Å². The average molecular weight is 285 g/mol. The molecule has 0 aromatic carbocycles. The van der Waals surface area contributed by atoms with Crippen LogP contribution in [0.4, 0.5) is 0 Å². The minimum absolute atomic E-state index is 0.0472. The van der Waals surface area contributed by atoms with E-state index in [9.17, 15) is 9.59 Å². The lowest BCUT2D eigenvalue weighted by molar-refractivity contribution is -0.122. The molecule has 106 valence electrons. The molecule has 1 atom stereocenters. The molecule has 0 saturated carbocycles. The quantitative estimate of drug-likeness (QED) is 0.661. The molecule has 1 heterocycles. The van der Waals surface area contributed by atoms with Crippen molar-refractivity contribution in [3.8, 4) is 0 Å². The molecule has 6 nitrogen and oxygen atoms in total. The van der Waals surface area contributed by atoms with Gasteiger partial charge in [0.15, 0.2) is 5.69 Å². The van der Waals surface area contributed by atoms with Crippen molar-refractivity contribution >= 4 is 23.2 Å². The Morgan fingerprint density at radius 2 is 2.32 bits per heavy atom. The molecule has 7 heteroatoms. The number of rotatable bonds is 8. The molecule has 1 rings (SSSR count). The number of aromatic nitrogens is 1. The fourth-order valence-electron chi connectivity index (χ4n) is 1.50. The van der Waals surface area contributed by atoms with E-state index >= 15 is 0 Å². The monoisotopic (exact) mass is 285 g/mol. The van der Waals surface area contributed by atoms with Crippen molar-refractivity contribution in [3.63, 3.8) is 0 Å². The Morgan fingerprint density at radius 3 is 2.89 bits per heavy atom. The number of nitrogens with two attached hydrogens (primary N) is 1. The second-order valence-corrected chi connectivity index (χ2v) is 5.16. The van der Waals surface area contributed by atoms with Gasteiger partial charge in [-0.25, -0.2) is 9.78 Å². The molecule has 4 N–H and O–H groups in total. The first-order chi connectivity index (χ1) is 9.04. The summed E-state index contributed by atoms with van der Waals surface area (Å²) >= 11 is 1.28. The number of hydrogen-bond acceptors (Lipinski definition) is 5. The summed E-state index contributed by atoms with van der Waals surface area (Å²) in [5.74, 6) is -1.20. The zero-order chi connectivity index (χ0) is 14.3. The Hall–Kier alpha value is -1.47. The molecule has 1 aromatic heterocycles. The number of thiazole rings is 1. The Kier molecular flexibility index (Phi) is 6.44. The summed E-state index contributed by atoms with van der Waals surface area (Å²) in [6.07, 6.45) is 3.15. The molecule has 1 aromatic rings. The summed E-state index contributed by atoms with van der Waals surface area (Å²) in [6.45, 7) is 2.47. The minimum atomic E-state index is -1.03. The second-order valence-electron chi connectivity index (χ2n) is 4.22. The highest BCUT2D eigenvalue weighted by atomic mass is 32.1. The molecule has 0 unspecified atom stereocenters. The number of carboxylic acid groups (broad SMARTS) is 1. The summed E-state index contributed by atoms with van der Waals surface area (Å²) in [5, 5.41) is 13.6. The summed E-state index contributed by atoms with van der Waals surface area (Å²) in [6, 6.07) is -0.467. The topological polar surface area (TPSA) is 105 Å². The van der Waals surface area contributed by atoms with Gasteiger partial charge in [-0.2, -0.15) is 0 Å². The number of carbonyl (C=O) groups is 2. The van der Waals surface area contributed by atoms with Crippen molar-refractivity contribution in [2.75, 3.05) is 6.54 Å². The lowest BCUT2D eigenvalue weighted by atomic mass is 10.1. The van der Waals surface area contributed by atoms with Gasteiger partial charge in [-0.1, -0.05) is 19.8 Å². The Morgan fingerprint density at radius 1 is 1.58 bits per heavy atom. The Labute approximate surface area is 116 Å². The summed E-state index contributed by atoms with van der Waals surface area (Å²) in [4.78, 5) is 26.2. The van der Waals surface area contributed by atoms with Crippen LogP contribution in [0.2, 0.25) is 0 Å². The van der Waals surface area contributed by atoms with E-state index in [-0.39, 0.29) is 11.6 Å². The first-order valence-corrected chi connectivity index (χ1v) is 7.13. The number of hydrogen-bond donors (Lipinski definition) is 3. The number of unbranched alkanes of at least 4 members (excludes halogenated alkanes) is 1. The normalized spacial score (nSPS) is 12.1. The maximum atomic E-state index is 11.6. The molecular weight excluding hydrogens is 266 g/mol. The smallest absolute Gasteiger partial charge is 0.355 e. The molecule has 0 aliphatic rings. The molecule has 0 radical (unpaired) electrons. The van der Waals surface area contributed by atoms with Gasteiger partial charge in [0.25, 0.3) is 0 Å². The van der Waals surface area contributed by atoms with Crippen molar-refractivity contribution in [3.05, 3.63) is 16.1 Å². The van der Waals surface area contributed by atoms with Crippen LogP contribution in [-0.2, 0) is 11.2 Å². The molecular formula is C12H19N3O3S. The minimum Gasteiger partial charge on any atom is -0.476 e. The van der Waals surface area contributed by atoms with Crippen LogP contribution in [0.5, 0.6) is 0 Å². The number of amides is 1. The Bertz CT molecular complexity index is 434. The van der Waals surface area contributed by atoms with Gasteiger partial charge >= 0.3 is 5.97 Å². The largest absolute Gasteiger partial charge is 0.476 e. The van der Waals surface area contributed by atoms with Gasteiger partial charge in [0, 0.05) is 18.3 Å². The predicted molar refractivity (Wildman–Crippen MR) is 73.3 cm³/mol. The molecule has 19 heavy (non-hydrogen) atoms. The number of aromatic carboxylic acids is 1. The van der Waals surface area contributed by atoms with Gasteiger partial charge in [-0.3, -0.25) is 4.79 Å². The van der Waals surface area contributed by atoms with Gasteiger partial charge in [0.2, 0.25) is 5.91 Å². The molecule has 0 aliphatic carbocycles. The molecule has 1 amide bonds. The van der Waals surface area contributed by atoms with Crippen LogP contribution in [0.25, 0.3) is 0 Å². The lowest BCUT2D eigenvalue weighted by Gasteiger charge is -2.10. The zero-order valence-corrected chi connectivity index (χ0v) is 11.7.